The molecule has 1 aliphatic heterocycles. The highest BCUT2D eigenvalue weighted by atomic mass is 16.7. The minimum Gasteiger partial charge on any atom is -0.454 e. The van der Waals surface area contributed by atoms with Crippen molar-refractivity contribution in [2.75, 3.05) is 12.1 Å². The molecule has 1 heterocycles. The van der Waals surface area contributed by atoms with E-state index < -0.39 is 11.8 Å². The molecular weight excluding hydrogens is 362 g/mol. The average Bonchev–Trinajstić information content (AvgIpc) is 3.39. The Balaban J connectivity index is 1.35. The standard InChI is InChI=1S/C20H19N3O5/c24-18(22-13-6-7-13)14-3-1-2-4-15(14)23-20(26)19(25)21-10-12-5-8-16-17(9-12)28-11-27-16/h1-5,8-9,13H,6-7,10-11H2,(H,21,25)(H,22,24)(H,23,26). The second-order valence-electron chi connectivity index (χ2n) is 6.62. The van der Waals surface area contributed by atoms with Gasteiger partial charge in [0.05, 0.1) is 11.3 Å². The van der Waals surface area contributed by atoms with E-state index >= 15 is 0 Å². The lowest BCUT2D eigenvalue weighted by atomic mass is 10.1. The van der Waals surface area contributed by atoms with Crippen molar-refractivity contribution in [2.45, 2.75) is 25.4 Å². The summed E-state index contributed by atoms with van der Waals surface area (Å²) in [4.78, 5) is 36.7. The number of benzene rings is 2. The molecule has 144 valence electrons. The maximum Gasteiger partial charge on any atom is 0.313 e. The van der Waals surface area contributed by atoms with E-state index in [4.69, 9.17) is 9.47 Å². The molecule has 4 rings (SSSR count). The predicted molar refractivity (Wildman–Crippen MR) is 100.0 cm³/mol. The second kappa shape index (κ2) is 7.59. The monoisotopic (exact) mass is 381 g/mol. The first kappa shape index (κ1) is 17.8. The zero-order valence-corrected chi connectivity index (χ0v) is 15.0. The van der Waals surface area contributed by atoms with Gasteiger partial charge in [-0.05, 0) is 42.7 Å². The Morgan fingerprint density at radius 3 is 2.57 bits per heavy atom. The van der Waals surface area contributed by atoms with Crippen LogP contribution in [0.4, 0.5) is 5.69 Å². The van der Waals surface area contributed by atoms with E-state index in [1.165, 1.54) is 0 Å². The maximum atomic E-state index is 12.3. The summed E-state index contributed by atoms with van der Waals surface area (Å²) in [5, 5.41) is 7.93. The molecule has 28 heavy (non-hydrogen) atoms. The number of hydrogen-bond donors (Lipinski definition) is 3. The molecule has 3 N–H and O–H groups in total. The van der Waals surface area contributed by atoms with Crippen molar-refractivity contribution in [1.29, 1.82) is 0 Å². The Morgan fingerprint density at radius 1 is 0.964 bits per heavy atom. The molecule has 0 atom stereocenters. The molecule has 8 nitrogen and oxygen atoms in total. The minimum absolute atomic E-state index is 0.159. The molecule has 0 spiro atoms. The summed E-state index contributed by atoms with van der Waals surface area (Å²) in [6, 6.07) is 12.1. The van der Waals surface area contributed by atoms with Gasteiger partial charge in [-0.25, -0.2) is 0 Å². The molecular formula is C20H19N3O5. The lowest BCUT2D eigenvalue weighted by Gasteiger charge is -2.11. The van der Waals surface area contributed by atoms with Crippen LogP contribution in [0.2, 0.25) is 0 Å². The zero-order chi connectivity index (χ0) is 19.5. The van der Waals surface area contributed by atoms with Crippen LogP contribution in [0.1, 0.15) is 28.8 Å². The van der Waals surface area contributed by atoms with Crippen molar-refractivity contribution in [3.05, 3.63) is 53.6 Å². The molecule has 0 bridgehead atoms. The third-order valence-corrected chi connectivity index (χ3v) is 4.43. The highest BCUT2D eigenvalue weighted by Gasteiger charge is 2.25. The molecule has 1 fully saturated rings. The van der Waals surface area contributed by atoms with Crippen molar-refractivity contribution in [3.8, 4) is 11.5 Å². The van der Waals surface area contributed by atoms with Crippen LogP contribution < -0.4 is 25.4 Å². The Kier molecular flexibility index (Phi) is 4.84. The third kappa shape index (κ3) is 4.06. The zero-order valence-electron chi connectivity index (χ0n) is 15.0. The number of amides is 3. The van der Waals surface area contributed by atoms with Gasteiger partial charge in [0.1, 0.15) is 0 Å². The fourth-order valence-corrected chi connectivity index (χ4v) is 2.77. The third-order valence-electron chi connectivity index (χ3n) is 4.43. The Labute approximate surface area is 161 Å². The van der Waals surface area contributed by atoms with Gasteiger partial charge >= 0.3 is 11.8 Å². The van der Waals surface area contributed by atoms with Gasteiger partial charge in [-0.3, -0.25) is 14.4 Å². The van der Waals surface area contributed by atoms with Gasteiger partial charge in [-0.1, -0.05) is 18.2 Å². The molecule has 2 aliphatic rings. The van der Waals surface area contributed by atoms with Crippen LogP contribution in [-0.2, 0) is 16.1 Å². The van der Waals surface area contributed by atoms with Crippen molar-refractivity contribution in [3.63, 3.8) is 0 Å². The van der Waals surface area contributed by atoms with Gasteiger partial charge in [0, 0.05) is 12.6 Å². The van der Waals surface area contributed by atoms with Crippen LogP contribution in [-0.4, -0.2) is 30.6 Å². The first-order valence-corrected chi connectivity index (χ1v) is 8.98. The van der Waals surface area contributed by atoms with E-state index in [2.05, 4.69) is 16.0 Å². The van der Waals surface area contributed by atoms with Crippen molar-refractivity contribution in [1.82, 2.24) is 10.6 Å². The number of rotatable bonds is 5. The van der Waals surface area contributed by atoms with Crippen LogP contribution >= 0.6 is 0 Å². The lowest BCUT2D eigenvalue weighted by Crippen LogP contribution is -2.35. The first-order valence-electron chi connectivity index (χ1n) is 8.98. The first-order chi connectivity index (χ1) is 13.6. The number of carbonyl (C=O) groups excluding carboxylic acids is 3. The van der Waals surface area contributed by atoms with Crippen molar-refractivity contribution < 1.29 is 23.9 Å². The van der Waals surface area contributed by atoms with Crippen LogP contribution in [0.25, 0.3) is 0 Å². The smallest absolute Gasteiger partial charge is 0.313 e. The van der Waals surface area contributed by atoms with Crippen LogP contribution in [0.15, 0.2) is 42.5 Å². The summed E-state index contributed by atoms with van der Waals surface area (Å²) >= 11 is 0. The molecule has 1 aliphatic carbocycles. The minimum atomic E-state index is -0.840. The van der Waals surface area contributed by atoms with E-state index in [1.54, 1.807) is 42.5 Å². The fourth-order valence-electron chi connectivity index (χ4n) is 2.77. The van der Waals surface area contributed by atoms with Gasteiger partial charge in [0.25, 0.3) is 5.91 Å². The number of anilines is 1. The topological polar surface area (TPSA) is 106 Å². The lowest BCUT2D eigenvalue weighted by molar-refractivity contribution is -0.136. The van der Waals surface area contributed by atoms with E-state index in [1.807, 2.05) is 0 Å². The Bertz CT molecular complexity index is 939. The molecule has 2 aromatic rings. The van der Waals surface area contributed by atoms with E-state index in [9.17, 15) is 14.4 Å². The SMILES string of the molecule is O=C(NCc1ccc2c(c1)OCO2)C(=O)Nc1ccccc1C(=O)NC1CC1. The highest BCUT2D eigenvalue weighted by Crippen LogP contribution is 2.32. The van der Waals surface area contributed by atoms with Crippen molar-refractivity contribution in [2.24, 2.45) is 0 Å². The molecule has 2 aromatic carbocycles. The largest absolute Gasteiger partial charge is 0.454 e. The van der Waals surface area contributed by atoms with Gasteiger partial charge in [0.2, 0.25) is 6.79 Å². The molecule has 0 aromatic heterocycles. The van der Waals surface area contributed by atoms with Gasteiger partial charge in [0.15, 0.2) is 11.5 Å². The normalized spacial score (nSPS) is 14.3. The summed E-state index contributed by atoms with van der Waals surface area (Å²) in [6.45, 7) is 0.327. The number of nitrogens with one attached hydrogen (secondary N) is 3. The number of hydrogen-bond acceptors (Lipinski definition) is 5. The molecule has 1 saturated carbocycles. The van der Waals surface area contributed by atoms with E-state index in [0.29, 0.717) is 22.7 Å². The summed E-state index contributed by atoms with van der Waals surface area (Å²) < 4.78 is 10.5. The summed E-state index contributed by atoms with van der Waals surface area (Å²) in [7, 11) is 0. The van der Waals surface area contributed by atoms with Crippen LogP contribution in [0.3, 0.4) is 0 Å². The molecule has 0 radical (unpaired) electrons. The maximum absolute atomic E-state index is 12.3. The van der Waals surface area contributed by atoms with E-state index in [-0.39, 0.29) is 25.3 Å². The number of ether oxygens (including phenoxy) is 2. The van der Waals surface area contributed by atoms with E-state index in [0.717, 1.165) is 18.4 Å². The predicted octanol–water partition coefficient (Wildman–Crippen LogP) is 1.56. The van der Waals surface area contributed by atoms with Crippen LogP contribution in [0, 0.1) is 0 Å². The number of para-hydroxylation sites is 1. The molecule has 0 saturated heterocycles. The summed E-state index contributed by atoms with van der Waals surface area (Å²) in [6.07, 6.45) is 1.92. The fraction of sp³-hybridized carbons (Fsp3) is 0.250. The Hall–Kier alpha value is -3.55. The second-order valence-corrected chi connectivity index (χ2v) is 6.62. The summed E-state index contributed by atoms with van der Waals surface area (Å²) in [5.41, 5.74) is 1.39. The number of carbonyl (C=O) groups is 3. The Morgan fingerprint density at radius 2 is 1.75 bits per heavy atom. The van der Waals surface area contributed by atoms with Crippen LogP contribution in [0.5, 0.6) is 11.5 Å². The van der Waals surface area contributed by atoms with Crippen molar-refractivity contribution >= 4 is 23.4 Å². The average molecular weight is 381 g/mol. The summed E-state index contributed by atoms with van der Waals surface area (Å²) in [5.74, 6) is -0.651. The molecule has 0 unspecified atom stereocenters. The van der Waals surface area contributed by atoms with Gasteiger partial charge in [-0.15, -0.1) is 0 Å². The van der Waals surface area contributed by atoms with Gasteiger partial charge in [-0.2, -0.15) is 0 Å². The molecule has 3 amide bonds. The quantitative estimate of drug-likeness (QED) is 0.682. The highest BCUT2D eigenvalue weighted by molar-refractivity contribution is 6.40. The molecule has 8 heteroatoms. The number of fused-ring (bicyclic) bond motifs is 1. The van der Waals surface area contributed by atoms with Gasteiger partial charge < -0.3 is 25.4 Å².